The van der Waals surface area contributed by atoms with Gasteiger partial charge in [-0.3, -0.25) is 9.69 Å². The van der Waals surface area contributed by atoms with Crippen LogP contribution in [0.3, 0.4) is 0 Å². The van der Waals surface area contributed by atoms with Crippen LogP contribution in [0.2, 0.25) is 5.02 Å². The summed E-state index contributed by atoms with van der Waals surface area (Å²) in [7, 11) is 0. The summed E-state index contributed by atoms with van der Waals surface area (Å²) in [5.41, 5.74) is 2.45. The van der Waals surface area contributed by atoms with Crippen LogP contribution >= 0.6 is 11.6 Å². The Hall–Kier alpha value is -4.13. The molecule has 3 N–H and O–H groups in total. The molecule has 3 aliphatic rings. The molecule has 2 aliphatic heterocycles. The Morgan fingerprint density at radius 3 is 2.74 bits per heavy atom. The molecular weight excluding hydrogens is 518 g/mol. The first-order valence-electron chi connectivity index (χ1n) is 13.1. The molecule has 0 bridgehead atoms. The first-order chi connectivity index (χ1) is 18.9. The molecule has 3 fully saturated rings. The first-order valence-corrected chi connectivity index (χ1v) is 13.5. The number of nitrogens with one attached hydrogen (secondary N) is 3. The molecule has 0 spiro atoms. The molecule has 2 saturated heterocycles. The van der Waals surface area contributed by atoms with Crippen LogP contribution in [0, 0.1) is 28.6 Å². The second-order valence-electron chi connectivity index (χ2n) is 10.5. The lowest BCUT2D eigenvalue weighted by atomic mass is 10.1. The molecule has 1 aliphatic carbocycles. The summed E-state index contributed by atoms with van der Waals surface area (Å²) in [6, 6.07) is 8.32. The number of rotatable bonds is 7. The van der Waals surface area contributed by atoms with Crippen molar-refractivity contribution in [3.05, 3.63) is 34.5 Å². The molecule has 0 unspecified atom stereocenters. The third-order valence-corrected chi connectivity index (χ3v) is 7.82. The maximum atomic E-state index is 11.6. The average molecular weight is 546 g/mol. The van der Waals surface area contributed by atoms with Gasteiger partial charge in [0, 0.05) is 51.2 Å². The van der Waals surface area contributed by atoms with Crippen LogP contribution in [-0.4, -0.2) is 75.2 Å². The zero-order valence-electron chi connectivity index (χ0n) is 21.5. The molecule has 39 heavy (non-hydrogen) atoms. The summed E-state index contributed by atoms with van der Waals surface area (Å²) < 4.78 is 1.53. The monoisotopic (exact) mass is 545 g/mol. The summed E-state index contributed by atoms with van der Waals surface area (Å²) in [5, 5.41) is 33.5. The van der Waals surface area contributed by atoms with Crippen LogP contribution in [0.4, 0.5) is 23.3 Å². The van der Waals surface area contributed by atoms with Gasteiger partial charge in [-0.15, -0.1) is 0 Å². The fourth-order valence-corrected chi connectivity index (χ4v) is 5.59. The second-order valence-corrected chi connectivity index (χ2v) is 10.8. The van der Waals surface area contributed by atoms with Crippen molar-refractivity contribution in [1.29, 1.82) is 10.5 Å². The minimum atomic E-state index is 0.127. The molecule has 0 radical (unpaired) electrons. The Bertz CT molecular complexity index is 1520. The summed E-state index contributed by atoms with van der Waals surface area (Å²) >= 11 is 6.95. The number of anilines is 4. The van der Waals surface area contributed by atoms with E-state index in [1.807, 2.05) is 6.07 Å². The summed E-state index contributed by atoms with van der Waals surface area (Å²) in [6.07, 6.45) is 4.14. The lowest BCUT2D eigenvalue weighted by Crippen LogP contribution is -2.53. The molecule has 200 valence electrons. The number of benzene rings is 1. The van der Waals surface area contributed by atoms with Gasteiger partial charge in [-0.1, -0.05) is 11.6 Å². The van der Waals surface area contributed by atoms with Crippen molar-refractivity contribution in [2.24, 2.45) is 5.92 Å². The van der Waals surface area contributed by atoms with Gasteiger partial charge in [0.1, 0.15) is 11.6 Å². The third-order valence-electron chi connectivity index (χ3n) is 7.43. The van der Waals surface area contributed by atoms with E-state index >= 15 is 0 Å². The minimum absolute atomic E-state index is 0.127. The topological polar surface area (TPSA) is 150 Å². The molecule has 13 heteroatoms. The van der Waals surface area contributed by atoms with Gasteiger partial charge >= 0.3 is 0 Å². The van der Waals surface area contributed by atoms with Crippen molar-refractivity contribution in [2.75, 3.05) is 48.3 Å². The number of halogens is 1. The maximum absolute atomic E-state index is 11.6. The highest BCUT2D eigenvalue weighted by molar-refractivity contribution is 6.36. The standard InChI is InChI=1S/C26H28ClN11O/c1-15-13-36(14-17-8-22(39)30-11-17)4-5-37(15)21-7-16(9-28)6-20(23(21)27)33-25-34-24-18(10-29)12-31-38(24)26(35-25)32-19-2-3-19/h6-7,12,15,17,19H,2-5,8,11,13-14H2,1H3,(H,30,39)(H2,32,33,34,35)/t15-,17+/m0/s1. The van der Waals surface area contributed by atoms with Crippen LogP contribution in [0.25, 0.3) is 5.65 Å². The van der Waals surface area contributed by atoms with Crippen molar-refractivity contribution < 1.29 is 4.79 Å². The summed E-state index contributed by atoms with van der Waals surface area (Å²) in [6.45, 7) is 6.16. The van der Waals surface area contributed by atoms with E-state index < -0.39 is 0 Å². The Balaban J connectivity index is 1.27. The Labute approximate surface area is 230 Å². The number of carbonyl (C=O) groups is 1. The van der Waals surface area contributed by atoms with Gasteiger partial charge in [-0.25, -0.2) is 0 Å². The molecule has 12 nitrogen and oxygen atoms in total. The normalized spacial score (nSPS) is 21.4. The van der Waals surface area contributed by atoms with Crippen LogP contribution < -0.4 is 20.9 Å². The van der Waals surface area contributed by atoms with E-state index in [9.17, 15) is 15.3 Å². The second kappa shape index (κ2) is 10.2. The van der Waals surface area contributed by atoms with Crippen molar-refractivity contribution in [2.45, 2.75) is 38.3 Å². The van der Waals surface area contributed by atoms with Gasteiger partial charge < -0.3 is 20.9 Å². The molecule has 2 atom stereocenters. The number of carbonyl (C=O) groups excluding carboxylic acids is 1. The van der Waals surface area contributed by atoms with E-state index in [-0.39, 0.29) is 17.9 Å². The number of piperazine rings is 1. The van der Waals surface area contributed by atoms with E-state index in [0.717, 1.165) is 51.3 Å². The van der Waals surface area contributed by atoms with Gasteiger partial charge in [0.05, 0.1) is 34.2 Å². The number of hydrogen-bond acceptors (Lipinski definition) is 10. The summed E-state index contributed by atoms with van der Waals surface area (Å²) in [4.78, 5) is 25.3. The largest absolute Gasteiger partial charge is 0.365 e. The van der Waals surface area contributed by atoms with E-state index in [1.165, 1.54) is 10.7 Å². The number of nitrogens with zero attached hydrogens (tertiary/aromatic N) is 8. The number of aromatic nitrogens is 4. The molecule has 3 aromatic rings. The SMILES string of the molecule is C[C@H]1CN(C[C@H]2CNC(=O)C2)CCN1c1cc(C#N)cc(Nc2nc(NC3CC3)n3ncc(C#N)c3n2)c1Cl. The predicted octanol–water partition coefficient (Wildman–Crippen LogP) is 2.49. The molecule has 2 aromatic heterocycles. The fraction of sp³-hybridized carbons (Fsp3) is 0.462. The van der Waals surface area contributed by atoms with Gasteiger partial charge in [-0.2, -0.15) is 30.1 Å². The average Bonchev–Trinajstić information content (AvgIpc) is 3.49. The Morgan fingerprint density at radius 2 is 2.05 bits per heavy atom. The van der Waals surface area contributed by atoms with Gasteiger partial charge in [0.15, 0.2) is 5.65 Å². The molecule has 1 aromatic carbocycles. The lowest BCUT2D eigenvalue weighted by Gasteiger charge is -2.42. The molecule has 4 heterocycles. The zero-order valence-corrected chi connectivity index (χ0v) is 22.2. The fourth-order valence-electron chi connectivity index (χ4n) is 5.33. The highest BCUT2D eigenvalue weighted by atomic mass is 35.5. The Morgan fingerprint density at radius 1 is 1.21 bits per heavy atom. The van der Waals surface area contributed by atoms with E-state index in [2.05, 4.69) is 59.9 Å². The highest BCUT2D eigenvalue weighted by Gasteiger charge is 2.30. The van der Waals surface area contributed by atoms with Crippen molar-refractivity contribution in [1.82, 2.24) is 29.8 Å². The maximum Gasteiger partial charge on any atom is 0.232 e. The lowest BCUT2D eigenvalue weighted by molar-refractivity contribution is -0.119. The van der Waals surface area contributed by atoms with Crippen molar-refractivity contribution in [3.8, 4) is 12.1 Å². The van der Waals surface area contributed by atoms with Crippen LogP contribution in [0.1, 0.15) is 37.3 Å². The predicted molar refractivity (Wildman–Crippen MR) is 146 cm³/mol. The molecule has 1 amide bonds. The van der Waals surface area contributed by atoms with Gasteiger partial charge in [0.25, 0.3) is 0 Å². The summed E-state index contributed by atoms with van der Waals surface area (Å²) in [5.74, 6) is 1.21. The van der Waals surface area contributed by atoms with E-state index in [4.69, 9.17) is 11.6 Å². The van der Waals surface area contributed by atoms with Crippen LogP contribution in [-0.2, 0) is 4.79 Å². The molecular formula is C26H28ClN11O. The van der Waals surface area contributed by atoms with Crippen LogP contribution in [0.15, 0.2) is 18.3 Å². The minimum Gasteiger partial charge on any atom is -0.365 e. The molecule has 1 saturated carbocycles. The van der Waals surface area contributed by atoms with Gasteiger partial charge in [0.2, 0.25) is 17.8 Å². The van der Waals surface area contributed by atoms with Gasteiger partial charge in [-0.05, 0) is 37.8 Å². The number of hydrogen-bond donors (Lipinski definition) is 3. The molecule has 6 rings (SSSR count). The van der Waals surface area contributed by atoms with E-state index in [1.54, 1.807) is 6.07 Å². The Kier molecular flexibility index (Phi) is 6.59. The third kappa shape index (κ3) is 5.13. The first kappa shape index (κ1) is 25.2. The zero-order chi connectivity index (χ0) is 27.1. The number of nitriles is 2. The number of amides is 1. The van der Waals surface area contributed by atoms with E-state index in [0.29, 0.717) is 51.8 Å². The smallest absolute Gasteiger partial charge is 0.232 e. The van der Waals surface area contributed by atoms with Crippen molar-refractivity contribution in [3.63, 3.8) is 0 Å². The van der Waals surface area contributed by atoms with Crippen molar-refractivity contribution >= 4 is 46.4 Å². The highest BCUT2D eigenvalue weighted by Crippen LogP contribution is 2.38. The quantitative estimate of drug-likeness (QED) is 0.404. The van der Waals surface area contributed by atoms with Crippen LogP contribution in [0.5, 0.6) is 0 Å². The number of fused-ring (bicyclic) bond motifs is 1.